The van der Waals surface area contributed by atoms with Crippen molar-refractivity contribution in [3.63, 3.8) is 0 Å². The maximum absolute atomic E-state index is 12.6. The van der Waals surface area contributed by atoms with Crippen LogP contribution in [0.15, 0.2) is 48.5 Å². The molecule has 124 valence electrons. The predicted octanol–water partition coefficient (Wildman–Crippen LogP) is 4.09. The minimum absolute atomic E-state index is 0.122. The van der Waals surface area contributed by atoms with Crippen molar-refractivity contribution in [2.24, 2.45) is 0 Å². The molecule has 0 radical (unpaired) electrons. The monoisotopic (exact) mass is 322 g/mol. The Morgan fingerprint density at radius 1 is 1.17 bits per heavy atom. The number of hydrogen-bond acceptors (Lipinski definition) is 2. The third-order valence-electron chi connectivity index (χ3n) is 4.36. The first-order valence-electron chi connectivity index (χ1n) is 8.46. The van der Waals surface area contributed by atoms with Crippen LogP contribution < -0.4 is 10.6 Å². The Labute approximate surface area is 142 Å². The van der Waals surface area contributed by atoms with E-state index in [4.69, 9.17) is 0 Å². The fraction of sp³-hybridized carbons (Fsp3) is 0.300. The highest BCUT2D eigenvalue weighted by molar-refractivity contribution is 6.05. The lowest BCUT2D eigenvalue weighted by atomic mass is 9.90. The van der Waals surface area contributed by atoms with E-state index in [0.29, 0.717) is 0 Å². The van der Waals surface area contributed by atoms with Gasteiger partial charge < -0.3 is 10.6 Å². The van der Waals surface area contributed by atoms with Crippen molar-refractivity contribution in [1.82, 2.24) is 0 Å². The molecule has 1 aliphatic rings. The van der Waals surface area contributed by atoms with E-state index < -0.39 is 5.92 Å². The molecule has 24 heavy (non-hydrogen) atoms. The van der Waals surface area contributed by atoms with Gasteiger partial charge in [0.2, 0.25) is 11.8 Å². The van der Waals surface area contributed by atoms with E-state index in [2.05, 4.69) is 17.6 Å². The SMILES string of the molecule is CCCCc1ccc(NC(=O)C2CC(=O)Nc3ccccc32)cc1. The van der Waals surface area contributed by atoms with Crippen LogP contribution in [-0.2, 0) is 16.0 Å². The molecule has 0 spiro atoms. The molecule has 4 heteroatoms. The van der Waals surface area contributed by atoms with E-state index in [1.807, 2.05) is 48.5 Å². The number of aryl methyl sites for hydroxylation is 1. The van der Waals surface area contributed by atoms with E-state index in [-0.39, 0.29) is 18.2 Å². The summed E-state index contributed by atoms with van der Waals surface area (Å²) in [6, 6.07) is 15.4. The van der Waals surface area contributed by atoms with E-state index in [1.165, 1.54) is 18.4 Å². The van der Waals surface area contributed by atoms with Gasteiger partial charge in [-0.2, -0.15) is 0 Å². The number of carbonyl (C=O) groups excluding carboxylic acids is 2. The maximum Gasteiger partial charge on any atom is 0.232 e. The van der Waals surface area contributed by atoms with Crippen molar-refractivity contribution in [2.45, 2.75) is 38.5 Å². The van der Waals surface area contributed by atoms with Crippen molar-refractivity contribution in [2.75, 3.05) is 10.6 Å². The summed E-state index contributed by atoms with van der Waals surface area (Å²) in [5.74, 6) is -0.711. The van der Waals surface area contributed by atoms with Gasteiger partial charge in [-0.1, -0.05) is 43.7 Å². The maximum atomic E-state index is 12.6. The third-order valence-corrected chi connectivity index (χ3v) is 4.36. The highest BCUT2D eigenvalue weighted by Gasteiger charge is 2.30. The van der Waals surface area contributed by atoms with Gasteiger partial charge >= 0.3 is 0 Å². The minimum atomic E-state index is -0.449. The average molecular weight is 322 g/mol. The summed E-state index contributed by atoms with van der Waals surface area (Å²) in [6.45, 7) is 2.17. The standard InChI is InChI=1S/C20H22N2O2/c1-2-3-6-14-9-11-15(12-10-14)21-20(24)17-13-19(23)22-18-8-5-4-7-16(17)18/h4-5,7-12,17H,2-3,6,13H2,1H3,(H,21,24)(H,22,23). The lowest BCUT2D eigenvalue weighted by Crippen LogP contribution is -2.30. The summed E-state index contributed by atoms with van der Waals surface area (Å²) in [5, 5.41) is 5.75. The van der Waals surface area contributed by atoms with Crippen molar-refractivity contribution in [1.29, 1.82) is 0 Å². The fourth-order valence-electron chi connectivity index (χ4n) is 3.01. The highest BCUT2D eigenvalue weighted by Crippen LogP contribution is 2.32. The van der Waals surface area contributed by atoms with Crippen LogP contribution in [0.1, 0.15) is 43.2 Å². The van der Waals surface area contributed by atoms with Crippen LogP contribution in [0, 0.1) is 0 Å². The van der Waals surface area contributed by atoms with Gasteiger partial charge in [0.05, 0.1) is 5.92 Å². The van der Waals surface area contributed by atoms with Crippen LogP contribution in [0.25, 0.3) is 0 Å². The van der Waals surface area contributed by atoms with Crippen LogP contribution in [0.5, 0.6) is 0 Å². The van der Waals surface area contributed by atoms with Crippen molar-refractivity contribution in [3.8, 4) is 0 Å². The number of unbranched alkanes of at least 4 members (excludes halogenated alkanes) is 1. The molecular weight excluding hydrogens is 300 g/mol. The Bertz CT molecular complexity index is 738. The number of para-hydroxylation sites is 1. The predicted molar refractivity (Wildman–Crippen MR) is 96.1 cm³/mol. The molecule has 2 aromatic rings. The van der Waals surface area contributed by atoms with Crippen LogP contribution in [0.2, 0.25) is 0 Å². The molecule has 0 aliphatic carbocycles. The number of nitrogens with one attached hydrogen (secondary N) is 2. The van der Waals surface area contributed by atoms with Gasteiger partial charge in [-0.15, -0.1) is 0 Å². The molecule has 1 aliphatic heterocycles. The third kappa shape index (κ3) is 3.65. The number of fused-ring (bicyclic) bond motifs is 1. The molecule has 0 saturated heterocycles. The number of hydrogen-bond donors (Lipinski definition) is 2. The number of amides is 2. The molecule has 2 aromatic carbocycles. The second kappa shape index (κ2) is 7.30. The zero-order valence-electron chi connectivity index (χ0n) is 13.8. The first kappa shape index (κ1) is 16.2. The minimum Gasteiger partial charge on any atom is -0.326 e. The largest absolute Gasteiger partial charge is 0.326 e. The van der Waals surface area contributed by atoms with Gasteiger partial charge in [0, 0.05) is 17.8 Å². The fourth-order valence-corrected chi connectivity index (χ4v) is 3.01. The van der Waals surface area contributed by atoms with Crippen LogP contribution >= 0.6 is 0 Å². The zero-order valence-corrected chi connectivity index (χ0v) is 13.8. The molecule has 2 amide bonds. The van der Waals surface area contributed by atoms with E-state index in [9.17, 15) is 9.59 Å². The molecule has 1 heterocycles. The van der Waals surface area contributed by atoms with Crippen LogP contribution in [0.3, 0.4) is 0 Å². The normalized spacial score (nSPS) is 16.2. The molecule has 1 unspecified atom stereocenters. The summed E-state index contributed by atoms with van der Waals surface area (Å²) in [7, 11) is 0. The second-order valence-corrected chi connectivity index (χ2v) is 6.18. The summed E-state index contributed by atoms with van der Waals surface area (Å²) in [6.07, 6.45) is 3.57. The Kier molecular flexibility index (Phi) is 4.94. The van der Waals surface area contributed by atoms with Crippen LogP contribution in [-0.4, -0.2) is 11.8 Å². The Hall–Kier alpha value is -2.62. The van der Waals surface area contributed by atoms with Crippen molar-refractivity contribution < 1.29 is 9.59 Å². The summed E-state index contributed by atoms with van der Waals surface area (Å²) >= 11 is 0. The van der Waals surface area contributed by atoms with Gasteiger partial charge in [-0.3, -0.25) is 9.59 Å². The molecule has 2 N–H and O–H groups in total. The van der Waals surface area contributed by atoms with Gasteiger partial charge in [0.15, 0.2) is 0 Å². The number of anilines is 2. The molecule has 4 nitrogen and oxygen atoms in total. The smallest absolute Gasteiger partial charge is 0.232 e. The van der Waals surface area contributed by atoms with Gasteiger partial charge in [0.1, 0.15) is 0 Å². The molecule has 0 saturated carbocycles. The Morgan fingerprint density at radius 3 is 2.67 bits per heavy atom. The van der Waals surface area contributed by atoms with Gasteiger partial charge in [-0.05, 0) is 42.2 Å². The molecule has 0 aromatic heterocycles. The molecule has 0 fully saturated rings. The first-order chi connectivity index (χ1) is 11.7. The van der Waals surface area contributed by atoms with Crippen LogP contribution in [0.4, 0.5) is 11.4 Å². The lowest BCUT2D eigenvalue weighted by molar-refractivity contribution is -0.123. The topological polar surface area (TPSA) is 58.2 Å². The Morgan fingerprint density at radius 2 is 1.92 bits per heavy atom. The van der Waals surface area contributed by atoms with E-state index >= 15 is 0 Å². The zero-order chi connectivity index (χ0) is 16.9. The number of carbonyl (C=O) groups is 2. The Balaban J connectivity index is 1.72. The average Bonchev–Trinajstić information content (AvgIpc) is 2.60. The van der Waals surface area contributed by atoms with Gasteiger partial charge in [0.25, 0.3) is 0 Å². The molecule has 3 rings (SSSR count). The summed E-state index contributed by atoms with van der Waals surface area (Å²) < 4.78 is 0. The number of benzene rings is 2. The highest BCUT2D eigenvalue weighted by atomic mass is 16.2. The van der Waals surface area contributed by atoms with Crippen molar-refractivity contribution >= 4 is 23.2 Å². The second-order valence-electron chi connectivity index (χ2n) is 6.18. The van der Waals surface area contributed by atoms with Gasteiger partial charge in [-0.25, -0.2) is 0 Å². The van der Waals surface area contributed by atoms with Crippen molar-refractivity contribution in [3.05, 3.63) is 59.7 Å². The lowest BCUT2D eigenvalue weighted by Gasteiger charge is -2.24. The molecular formula is C20H22N2O2. The number of rotatable bonds is 5. The van der Waals surface area contributed by atoms with E-state index in [0.717, 1.165) is 23.4 Å². The molecule has 0 bridgehead atoms. The first-order valence-corrected chi connectivity index (χ1v) is 8.46. The summed E-state index contributed by atoms with van der Waals surface area (Å²) in [4.78, 5) is 24.5. The van der Waals surface area contributed by atoms with E-state index in [1.54, 1.807) is 0 Å². The summed E-state index contributed by atoms with van der Waals surface area (Å²) in [5.41, 5.74) is 3.64. The molecule has 1 atom stereocenters. The quantitative estimate of drug-likeness (QED) is 0.871.